The molecule has 10 heteroatoms. The number of halogens is 3. The van der Waals surface area contributed by atoms with Crippen LogP contribution in [0.2, 0.25) is 0 Å². The number of carboxylic acid groups (broad SMARTS) is 1. The molecule has 2 aliphatic rings. The zero-order chi connectivity index (χ0) is 25.4. The van der Waals surface area contributed by atoms with Crippen LogP contribution in [0.15, 0.2) is 12.1 Å². The number of alkyl halides is 3. The summed E-state index contributed by atoms with van der Waals surface area (Å²) in [5.74, 6) is -0.0679. The largest absolute Gasteiger partial charge is 0.493 e. The van der Waals surface area contributed by atoms with Crippen LogP contribution in [0.4, 0.5) is 19.0 Å². The lowest BCUT2D eigenvalue weighted by Gasteiger charge is -2.17. The molecule has 4 rings (SSSR count). The van der Waals surface area contributed by atoms with Crippen molar-refractivity contribution in [1.82, 2.24) is 9.88 Å². The van der Waals surface area contributed by atoms with Gasteiger partial charge < -0.3 is 24.8 Å². The topological polar surface area (TPSA) is 83.9 Å². The van der Waals surface area contributed by atoms with E-state index in [1.54, 1.807) is 7.11 Å². The molecule has 0 radical (unpaired) electrons. The molecule has 0 bridgehead atoms. The van der Waals surface area contributed by atoms with Gasteiger partial charge in [0.25, 0.3) is 0 Å². The number of hydrogen-bond donors (Lipinski definition) is 2. The Hall–Kier alpha value is -2.75. The first-order valence-corrected chi connectivity index (χ1v) is 12.2. The Morgan fingerprint density at radius 2 is 1.83 bits per heavy atom. The van der Waals surface area contributed by atoms with Gasteiger partial charge in [-0.2, -0.15) is 13.2 Å². The molecule has 35 heavy (non-hydrogen) atoms. The Bertz CT molecular complexity index is 1010. The number of benzene rings is 1. The number of pyridine rings is 1. The van der Waals surface area contributed by atoms with Gasteiger partial charge in [0, 0.05) is 24.5 Å². The van der Waals surface area contributed by atoms with Gasteiger partial charge in [-0.05, 0) is 75.2 Å². The van der Waals surface area contributed by atoms with Crippen molar-refractivity contribution in [1.29, 1.82) is 0 Å². The highest BCUT2D eigenvalue weighted by atomic mass is 19.4. The van der Waals surface area contributed by atoms with E-state index in [0.29, 0.717) is 6.61 Å². The third-order valence-corrected chi connectivity index (χ3v) is 6.20. The number of methoxy groups -OCH3 is 1. The first kappa shape index (κ1) is 26.8. The minimum Gasteiger partial charge on any atom is -0.493 e. The Labute approximate surface area is 203 Å². The van der Waals surface area contributed by atoms with Gasteiger partial charge in [0.1, 0.15) is 5.82 Å². The van der Waals surface area contributed by atoms with E-state index in [0.717, 1.165) is 61.6 Å². The van der Waals surface area contributed by atoms with Gasteiger partial charge in [-0.25, -0.2) is 9.78 Å². The summed E-state index contributed by atoms with van der Waals surface area (Å²) >= 11 is 0. The smallest absolute Gasteiger partial charge is 0.490 e. The fraction of sp³-hybridized carbons (Fsp3) is 0.600. The fourth-order valence-corrected chi connectivity index (χ4v) is 4.51. The number of nitrogens with one attached hydrogen (secondary N) is 1. The van der Waals surface area contributed by atoms with E-state index in [4.69, 9.17) is 24.4 Å². The number of carboxylic acids is 1. The number of hydrogen-bond acceptors (Lipinski definition) is 6. The van der Waals surface area contributed by atoms with Gasteiger partial charge in [-0.3, -0.25) is 0 Å². The highest BCUT2D eigenvalue weighted by molar-refractivity contribution is 5.89. The Morgan fingerprint density at radius 3 is 2.46 bits per heavy atom. The van der Waals surface area contributed by atoms with Gasteiger partial charge in [-0.15, -0.1) is 0 Å². The zero-order valence-electron chi connectivity index (χ0n) is 20.3. The summed E-state index contributed by atoms with van der Waals surface area (Å²) in [4.78, 5) is 16.4. The number of aliphatic carboxylic acids is 1. The molecule has 0 unspecified atom stereocenters. The van der Waals surface area contributed by atoms with Gasteiger partial charge in [0.05, 0.1) is 19.2 Å². The van der Waals surface area contributed by atoms with E-state index in [1.165, 1.54) is 48.9 Å². The molecule has 0 saturated carbocycles. The van der Waals surface area contributed by atoms with Crippen LogP contribution >= 0.6 is 0 Å². The third kappa shape index (κ3) is 7.13. The fourth-order valence-electron chi connectivity index (χ4n) is 4.51. The number of fused-ring (bicyclic) bond motifs is 3. The lowest BCUT2D eigenvalue weighted by Crippen LogP contribution is -2.21. The summed E-state index contributed by atoms with van der Waals surface area (Å²) < 4.78 is 43.5. The lowest BCUT2D eigenvalue weighted by atomic mass is 10.0. The van der Waals surface area contributed by atoms with Crippen molar-refractivity contribution in [2.45, 2.75) is 58.0 Å². The number of ether oxygens (including phenoxy) is 2. The number of anilines is 1. The van der Waals surface area contributed by atoms with Crippen LogP contribution in [0.3, 0.4) is 0 Å². The van der Waals surface area contributed by atoms with E-state index < -0.39 is 12.1 Å². The number of aromatic nitrogens is 1. The molecule has 1 aromatic carbocycles. The van der Waals surface area contributed by atoms with Crippen LogP contribution < -0.4 is 14.8 Å². The molecular formula is C25H34F3N3O4. The van der Waals surface area contributed by atoms with Crippen molar-refractivity contribution in [3.8, 4) is 11.5 Å². The average Bonchev–Trinajstić information content (AvgIpc) is 3.52. The SMILES string of the molecule is CCCNc1nc2cc(OCCCN3CCCC3)c(OC)cc2c2c1CCC2.O=C(O)C(F)(F)F. The number of carbonyl (C=O) groups is 1. The quantitative estimate of drug-likeness (QED) is 0.469. The Balaban J connectivity index is 0.000000429. The van der Waals surface area contributed by atoms with Crippen molar-refractivity contribution in [2.24, 2.45) is 0 Å². The van der Waals surface area contributed by atoms with Gasteiger partial charge >= 0.3 is 12.1 Å². The predicted molar refractivity (Wildman–Crippen MR) is 129 cm³/mol. The average molecular weight is 498 g/mol. The van der Waals surface area contributed by atoms with Crippen LogP contribution in [0, 0.1) is 0 Å². The van der Waals surface area contributed by atoms with Crippen LogP contribution in [-0.2, 0) is 17.6 Å². The van der Waals surface area contributed by atoms with E-state index in [-0.39, 0.29) is 0 Å². The number of rotatable bonds is 9. The van der Waals surface area contributed by atoms with Crippen molar-refractivity contribution in [3.63, 3.8) is 0 Å². The van der Waals surface area contributed by atoms with Crippen molar-refractivity contribution in [2.75, 3.05) is 45.2 Å². The highest BCUT2D eigenvalue weighted by Gasteiger charge is 2.38. The summed E-state index contributed by atoms with van der Waals surface area (Å²) in [6.45, 7) is 7.45. The van der Waals surface area contributed by atoms with Gasteiger partial charge in [-0.1, -0.05) is 6.92 Å². The summed E-state index contributed by atoms with van der Waals surface area (Å²) in [6, 6.07) is 4.20. The molecule has 7 nitrogen and oxygen atoms in total. The van der Waals surface area contributed by atoms with Crippen LogP contribution in [0.5, 0.6) is 11.5 Å². The highest BCUT2D eigenvalue weighted by Crippen LogP contribution is 2.39. The van der Waals surface area contributed by atoms with E-state index in [9.17, 15) is 13.2 Å². The Morgan fingerprint density at radius 1 is 1.14 bits per heavy atom. The molecule has 1 fully saturated rings. The van der Waals surface area contributed by atoms with Crippen LogP contribution in [-0.4, -0.2) is 67.0 Å². The summed E-state index contributed by atoms with van der Waals surface area (Å²) in [6.07, 6.45) is 3.17. The van der Waals surface area contributed by atoms with Crippen molar-refractivity contribution < 1.29 is 32.5 Å². The molecule has 1 aromatic heterocycles. The minimum absolute atomic E-state index is 0.713. The molecule has 0 amide bonds. The third-order valence-electron chi connectivity index (χ3n) is 6.20. The van der Waals surface area contributed by atoms with Crippen molar-refractivity contribution in [3.05, 3.63) is 23.3 Å². The van der Waals surface area contributed by atoms with Gasteiger partial charge in [0.15, 0.2) is 11.5 Å². The predicted octanol–water partition coefficient (Wildman–Crippen LogP) is 5.05. The summed E-state index contributed by atoms with van der Waals surface area (Å²) in [7, 11) is 1.73. The molecule has 0 atom stereocenters. The first-order chi connectivity index (χ1) is 16.7. The second kappa shape index (κ2) is 12.3. The molecule has 2 aromatic rings. The number of likely N-dealkylation sites (tertiary alicyclic amines) is 1. The van der Waals surface area contributed by atoms with E-state index in [2.05, 4.69) is 29.3 Å². The summed E-state index contributed by atoms with van der Waals surface area (Å²) in [5, 5.41) is 11.9. The molecular weight excluding hydrogens is 463 g/mol. The maximum atomic E-state index is 10.6. The van der Waals surface area contributed by atoms with E-state index >= 15 is 0 Å². The normalized spacial score (nSPS) is 15.5. The standard InChI is InChI=1S/C23H33N3O2.C2HF3O2/c1-3-10-24-23-18-9-6-8-17(18)19-15-21(27-2)22(16-20(19)25-23)28-14-7-13-26-11-4-5-12-26;3-2(4,5)1(6)7/h15-16H,3-14H2,1-2H3,(H,24,25);(H,6,7). The molecule has 0 spiro atoms. The molecule has 1 aliphatic heterocycles. The maximum Gasteiger partial charge on any atom is 0.490 e. The van der Waals surface area contributed by atoms with Crippen LogP contribution in [0.25, 0.3) is 10.9 Å². The first-order valence-electron chi connectivity index (χ1n) is 12.2. The zero-order valence-corrected chi connectivity index (χ0v) is 20.3. The molecule has 2 N–H and O–H groups in total. The number of nitrogens with zero attached hydrogens (tertiary/aromatic N) is 2. The monoisotopic (exact) mass is 497 g/mol. The molecule has 2 heterocycles. The minimum atomic E-state index is -5.08. The molecule has 1 aliphatic carbocycles. The maximum absolute atomic E-state index is 10.6. The summed E-state index contributed by atoms with van der Waals surface area (Å²) in [5.41, 5.74) is 3.83. The number of aryl methyl sites for hydroxylation is 1. The van der Waals surface area contributed by atoms with E-state index in [1.807, 2.05) is 0 Å². The molecule has 1 saturated heterocycles. The second-order valence-electron chi connectivity index (χ2n) is 8.77. The second-order valence-corrected chi connectivity index (χ2v) is 8.77. The lowest BCUT2D eigenvalue weighted by molar-refractivity contribution is -0.192. The van der Waals surface area contributed by atoms with Crippen molar-refractivity contribution >= 4 is 22.7 Å². The van der Waals surface area contributed by atoms with Gasteiger partial charge in [0.2, 0.25) is 0 Å². The Kier molecular flexibility index (Phi) is 9.42. The van der Waals surface area contributed by atoms with Crippen LogP contribution in [0.1, 0.15) is 50.2 Å². The molecule has 194 valence electrons.